The second-order valence-corrected chi connectivity index (χ2v) is 13.0. The number of carbonyl (C=O) groups is 5. The summed E-state index contributed by atoms with van der Waals surface area (Å²) in [5.74, 6) is -1.88. The molecule has 4 aromatic rings. The first-order valence-electron chi connectivity index (χ1n) is 18.4. The van der Waals surface area contributed by atoms with Gasteiger partial charge in [0.1, 0.15) is 48.9 Å². The van der Waals surface area contributed by atoms with Crippen LogP contribution in [0.2, 0.25) is 0 Å². The number of hydrogen-bond acceptors (Lipinski definition) is 13. The first-order chi connectivity index (χ1) is 28.3. The molecular weight excluding hydrogens is 760 g/mol. The number of hydrogen-bond donors (Lipinski definition) is 5. The molecule has 0 aliphatic carbocycles. The maximum Gasteiger partial charge on any atom is 0.227 e. The average Bonchev–Trinajstić information content (AvgIpc) is 3.28. The number of Topliss-reactive ketones (excluding diaryl/α,β-unsaturated/α-hetero) is 1. The van der Waals surface area contributed by atoms with Gasteiger partial charge in [0.2, 0.25) is 5.78 Å². The fourth-order valence-electron chi connectivity index (χ4n) is 5.61. The third kappa shape index (κ3) is 14.1. The van der Waals surface area contributed by atoms with Crippen molar-refractivity contribution in [1.82, 2.24) is 0 Å². The molecule has 6 atom stereocenters. The molecule has 59 heavy (non-hydrogen) atoms. The van der Waals surface area contributed by atoms with Crippen molar-refractivity contribution in [3.05, 3.63) is 157 Å². The van der Waals surface area contributed by atoms with Crippen LogP contribution in [0.5, 0.6) is 23.0 Å². The van der Waals surface area contributed by atoms with Crippen molar-refractivity contribution < 1.29 is 63.7 Å². The summed E-state index contributed by atoms with van der Waals surface area (Å²) in [5, 5.41) is 48.7. The number of phenolic OH excluding ortho intramolecular Hbond substituents is 1. The largest absolute Gasteiger partial charge is 0.508 e. The Labute approximate surface area is 342 Å². The Hall–Kier alpha value is -6.51. The summed E-state index contributed by atoms with van der Waals surface area (Å²) in [6.07, 6.45) is -1.45. The van der Waals surface area contributed by atoms with Crippen LogP contribution in [0, 0.1) is 0 Å². The highest BCUT2D eigenvalue weighted by Crippen LogP contribution is 2.44. The number of rotatable bonds is 23. The highest BCUT2D eigenvalue weighted by Gasteiger charge is 2.29. The summed E-state index contributed by atoms with van der Waals surface area (Å²) in [7, 11) is 0. The van der Waals surface area contributed by atoms with Gasteiger partial charge in [-0.2, -0.15) is 0 Å². The number of phenols is 1. The van der Waals surface area contributed by atoms with Crippen molar-refractivity contribution in [3.63, 3.8) is 0 Å². The number of aldehydes is 1. The van der Waals surface area contributed by atoms with Gasteiger partial charge in [-0.1, -0.05) is 75.2 Å². The molecule has 13 heteroatoms. The van der Waals surface area contributed by atoms with Gasteiger partial charge in [-0.15, -0.1) is 0 Å². The van der Waals surface area contributed by atoms with Crippen LogP contribution in [0.15, 0.2) is 135 Å². The second kappa shape index (κ2) is 23.7. The van der Waals surface area contributed by atoms with Gasteiger partial charge < -0.3 is 39.7 Å². The fraction of sp³-hybridized carbons (Fsp3) is 0.239. The van der Waals surface area contributed by atoms with Crippen LogP contribution in [0.3, 0.4) is 0 Å². The molecule has 0 aliphatic rings. The zero-order chi connectivity index (χ0) is 43.5. The molecular formula is C46H48O13. The number of aliphatic hydroxyl groups is 4. The molecule has 5 N–H and O–H groups in total. The SMILES string of the molecule is C=CC(=O)C(O)CC.C=CC(=O)C(O)COc1ccc(C(c2ccc(O)cc2)C(c2ccc(OCC(O)C(=O)C=C)cc2)c2ccc(OCC(O)C(=O)C=O)cc2)cc1. The maximum atomic E-state index is 11.7. The summed E-state index contributed by atoms with van der Waals surface area (Å²) < 4.78 is 16.8. The van der Waals surface area contributed by atoms with Gasteiger partial charge in [0.05, 0.1) is 0 Å². The van der Waals surface area contributed by atoms with Crippen LogP contribution >= 0.6 is 0 Å². The van der Waals surface area contributed by atoms with Crippen LogP contribution in [0.4, 0.5) is 0 Å². The van der Waals surface area contributed by atoms with Crippen molar-refractivity contribution in [2.75, 3.05) is 19.8 Å². The van der Waals surface area contributed by atoms with E-state index in [0.29, 0.717) is 23.7 Å². The minimum atomic E-state index is -1.59. The molecule has 0 saturated heterocycles. The van der Waals surface area contributed by atoms with Crippen molar-refractivity contribution in [3.8, 4) is 23.0 Å². The zero-order valence-electron chi connectivity index (χ0n) is 32.5. The minimum Gasteiger partial charge on any atom is -0.508 e. The van der Waals surface area contributed by atoms with E-state index in [1.807, 2.05) is 48.5 Å². The Bertz CT molecular complexity index is 1950. The maximum absolute atomic E-state index is 11.7. The molecule has 0 heterocycles. The van der Waals surface area contributed by atoms with Crippen LogP contribution < -0.4 is 14.2 Å². The number of aromatic hydroxyl groups is 1. The van der Waals surface area contributed by atoms with Crippen molar-refractivity contribution in [2.24, 2.45) is 0 Å². The lowest BCUT2D eigenvalue weighted by Crippen LogP contribution is -2.28. The van der Waals surface area contributed by atoms with Gasteiger partial charge in [-0.25, -0.2) is 0 Å². The van der Waals surface area contributed by atoms with E-state index in [9.17, 15) is 44.4 Å². The molecule has 13 nitrogen and oxygen atoms in total. The third-order valence-electron chi connectivity index (χ3n) is 8.95. The Morgan fingerprint density at radius 3 is 1.02 bits per heavy atom. The van der Waals surface area contributed by atoms with E-state index in [2.05, 4.69) is 19.7 Å². The lowest BCUT2D eigenvalue weighted by atomic mass is 9.73. The van der Waals surface area contributed by atoms with E-state index in [-0.39, 0.29) is 42.9 Å². The van der Waals surface area contributed by atoms with E-state index >= 15 is 0 Å². The van der Waals surface area contributed by atoms with E-state index in [4.69, 9.17) is 19.3 Å². The Morgan fingerprint density at radius 1 is 0.492 bits per heavy atom. The van der Waals surface area contributed by atoms with Crippen LogP contribution in [-0.4, -0.2) is 99.2 Å². The first-order valence-corrected chi connectivity index (χ1v) is 18.4. The highest BCUT2D eigenvalue weighted by molar-refractivity contribution is 6.27. The van der Waals surface area contributed by atoms with Gasteiger partial charge in [-0.05, 0) is 95.4 Å². The van der Waals surface area contributed by atoms with E-state index in [1.165, 1.54) is 0 Å². The standard InChI is InChI=1S/C40H38O11.C6H10O2/c1-3-33(43)36(46)22-49-30-15-7-26(8-16-30)39(25-5-13-29(42)14-6-25)40(27-9-17-31(18-10-27)50-23-37(47)34(44)4-2)28-11-19-32(20-12-28)51-24-38(48)35(45)21-41;1-3-5(7)6(8)4-2/h3-21,36-40,42,46-48H,1-2,22-24H2;3,6,8H,1,4H2,2H3. The summed E-state index contributed by atoms with van der Waals surface area (Å²) in [6, 6.07) is 28.1. The topological polar surface area (TPSA) is 214 Å². The monoisotopic (exact) mass is 808 g/mol. The van der Waals surface area contributed by atoms with Crippen molar-refractivity contribution in [1.29, 1.82) is 0 Å². The molecule has 0 aliphatic heterocycles. The molecule has 0 saturated carbocycles. The molecule has 6 unspecified atom stereocenters. The molecule has 4 aromatic carbocycles. The quantitative estimate of drug-likeness (QED) is 0.0401. The Morgan fingerprint density at radius 2 is 0.763 bits per heavy atom. The predicted molar refractivity (Wildman–Crippen MR) is 219 cm³/mol. The van der Waals surface area contributed by atoms with Gasteiger partial charge in [0.25, 0.3) is 0 Å². The molecule has 0 fully saturated rings. The van der Waals surface area contributed by atoms with E-state index in [0.717, 1.165) is 40.5 Å². The van der Waals surface area contributed by atoms with Gasteiger partial charge in [0, 0.05) is 11.8 Å². The lowest BCUT2D eigenvalue weighted by molar-refractivity contribution is -0.136. The number of benzene rings is 4. The molecule has 0 spiro atoms. The summed E-state index contributed by atoms with van der Waals surface area (Å²) in [4.78, 5) is 56.0. The molecule has 310 valence electrons. The van der Waals surface area contributed by atoms with Crippen LogP contribution in [0.25, 0.3) is 0 Å². The normalized spacial score (nSPS) is 13.6. The predicted octanol–water partition coefficient (Wildman–Crippen LogP) is 4.37. The van der Waals surface area contributed by atoms with Gasteiger partial charge >= 0.3 is 0 Å². The lowest BCUT2D eigenvalue weighted by Gasteiger charge is -2.30. The summed E-state index contributed by atoms with van der Waals surface area (Å²) in [5.41, 5.74) is 3.37. The first kappa shape index (κ1) is 46.9. The summed E-state index contributed by atoms with van der Waals surface area (Å²) in [6.45, 7) is 10.8. The van der Waals surface area contributed by atoms with Crippen molar-refractivity contribution in [2.45, 2.75) is 49.6 Å². The van der Waals surface area contributed by atoms with E-state index in [1.54, 1.807) is 55.5 Å². The Balaban J connectivity index is 0.00000105. The smallest absolute Gasteiger partial charge is 0.227 e. The minimum absolute atomic E-state index is 0.0380. The number of carbonyl (C=O) groups excluding carboxylic acids is 5. The van der Waals surface area contributed by atoms with Gasteiger partial charge in [-0.3, -0.25) is 24.0 Å². The Kier molecular flexibility index (Phi) is 18.8. The van der Waals surface area contributed by atoms with Crippen LogP contribution in [-0.2, 0) is 24.0 Å². The fourth-order valence-corrected chi connectivity index (χ4v) is 5.61. The number of ketones is 4. The molecule has 0 radical (unpaired) electrons. The second-order valence-electron chi connectivity index (χ2n) is 13.0. The zero-order valence-corrected chi connectivity index (χ0v) is 32.5. The molecule has 4 rings (SSSR count). The summed E-state index contributed by atoms with van der Waals surface area (Å²) >= 11 is 0. The molecule has 0 amide bonds. The molecule has 0 aromatic heterocycles. The molecule has 0 bridgehead atoms. The number of ether oxygens (including phenoxy) is 3. The van der Waals surface area contributed by atoms with Gasteiger partial charge in [0.15, 0.2) is 41.9 Å². The number of aliphatic hydroxyl groups excluding tert-OH is 4. The average molecular weight is 809 g/mol. The highest BCUT2D eigenvalue weighted by atomic mass is 16.5. The van der Waals surface area contributed by atoms with Crippen molar-refractivity contribution >= 4 is 29.4 Å². The van der Waals surface area contributed by atoms with Crippen LogP contribution in [0.1, 0.15) is 47.4 Å². The third-order valence-corrected chi connectivity index (χ3v) is 8.95. The van der Waals surface area contributed by atoms with E-state index < -0.39 is 48.4 Å².